The Balaban J connectivity index is 1.95. The second-order valence-electron chi connectivity index (χ2n) is 5.15. The molecule has 2 heterocycles. The predicted molar refractivity (Wildman–Crippen MR) is 74.6 cm³/mol. The zero-order valence-electron chi connectivity index (χ0n) is 11.5. The molecule has 7 heteroatoms. The first-order valence-electron chi connectivity index (χ1n) is 6.69. The van der Waals surface area contributed by atoms with E-state index in [1.807, 2.05) is 0 Å². The molecule has 1 aliphatic heterocycles. The SMILES string of the molecule is CN1CCCC(CNC(=O)c2ccnc(NN)c2F)C1. The molecule has 1 unspecified atom stereocenters. The molecule has 1 atom stereocenters. The summed E-state index contributed by atoms with van der Waals surface area (Å²) in [6, 6.07) is 1.35. The van der Waals surface area contributed by atoms with Gasteiger partial charge in [-0.3, -0.25) is 4.79 Å². The van der Waals surface area contributed by atoms with E-state index in [1.165, 1.54) is 12.3 Å². The second-order valence-corrected chi connectivity index (χ2v) is 5.15. The number of aromatic nitrogens is 1. The van der Waals surface area contributed by atoms with Crippen molar-refractivity contribution in [3.63, 3.8) is 0 Å². The van der Waals surface area contributed by atoms with Crippen LogP contribution >= 0.6 is 0 Å². The molecule has 1 aromatic heterocycles. The predicted octanol–water partition coefficient (Wildman–Crippen LogP) is 0.578. The van der Waals surface area contributed by atoms with E-state index in [1.54, 1.807) is 0 Å². The van der Waals surface area contributed by atoms with E-state index in [-0.39, 0.29) is 11.4 Å². The van der Waals surface area contributed by atoms with Crippen molar-refractivity contribution >= 4 is 11.7 Å². The van der Waals surface area contributed by atoms with Gasteiger partial charge in [-0.15, -0.1) is 0 Å². The fourth-order valence-corrected chi connectivity index (χ4v) is 2.49. The number of hydrazine groups is 1. The van der Waals surface area contributed by atoms with Crippen LogP contribution in [-0.2, 0) is 0 Å². The number of piperidine rings is 1. The molecule has 0 radical (unpaired) electrons. The Labute approximate surface area is 117 Å². The summed E-state index contributed by atoms with van der Waals surface area (Å²) in [6.45, 7) is 2.60. The van der Waals surface area contributed by atoms with Crippen LogP contribution in [0.5, 0.6) is 0 Å². The number of rotatable bonds is 4. The highest BCUT2D eigenvalue weighted by atomic mass is 19.1. The van der Waals surface area contributed by atoms with E-state index >= 15 is 0 Å². The van der Waals surface area contributed by atoms with Crippen molar-refractivity contribution in [3.05, 3.63) is 23.6 Å². The number of hydrogen-bond donors (Lipinski definition) is 3. The van der Waals surface area contributed by atoms with Gasteiger partial charge in [0.05, 0.1) is 5.56 Å². The number of nitrogens with two attached hydrogens (primary N) is 1. The molecule has 1 aliphatic rings. The van der Waals surface area contributed by atoms with Crippen LogP contribution in [0.2, 0.25) is 0 Å². The number of nitrogen functional groups attached to an aromatic ring is 1. The highest BCUT2D eigenvalue weighted by molar-refractivity contribution is 5.95. The number of nitrogens with zero attached hydrogens (tertiary/aromatic N) is 2. The number of carbonyl (C=O) groups excluding carboxylic acids is 1. The van der Waals surface area contributed by atoms with Crippen molar-refractivity contribution in [1.82, 2.24) is 15.2 Å². The average molecular weight is 281 g/mol. The highest BCUT2D eigenvalue weighted by Gasteiger charge is 2.20. The number of amides is 1. The highest BCUT2D eigenvalue weighted by Crippen LogP contribution is 2.16. The second kappa shape index (κ2) is 6.62. The van der Waals surface area contributed by atoms with Crippen molar-refractivity contribution in [2.75, 3.05) is 32.1 Å². The summed E-state index contributed by atoms with van der Waals surface area (Å²) in [5.74, 6) is 4.25. The molecule has 2 rings (SSSR count). The molecule has 0 aromatic carbocycles. The molecule has 0 bridgehead atoms. The summed E-state index contributed by atoms with van der Waals surface area (Å²) in [4.78, 5) is 17.9. The maximum Gasteiger partial charge on any atom is 0.254 e. The van der Waals surface area contributed by atoms with Gasteiger partial charge >= 0.3 is 0 Å². The summed E-state index contributed by atoms with van der Waals surface area (Å²) in [7, 11) is 2.07. The Morgan fingerprint density at radius 3 is 3.15 bits per heavy atom. The average Bonchev–Trinajstić information content (AvgIpc) is 2.45. The Morgan fingerprint density at radius 2 is 2.45 bits per heavy atom. The number of nitrogens with one attached hydrogen (secondary N) is 2. The van der Waals surface area contributed by atoms with E-state index in [2.05, 4.69) is 27.7 Å². The maximum absolute atomic E-state index is 13.9. The monoisotopic (exact) mass is 281 g/mol. The Kier molecular flexibility index (Phi) is 4.86. The van der Waals surface area contributed by atoms with Crippen molar-refractivity contribution in [2.24, 2.45) is 11.8 Å². The van der Waals surface area contributed by atoms with Crippen LogP contribution in [-0.4, -0.2) is 42.5 Å². The lowest BCUT2D eigenvalue weighted by Crippen LogP contribution is -2.39. The zero-order valence-corrected chi connectivity index (χ0v) is 11.5. The van der Waals surface area contributed by atoms with Crippen LogP contribution in [0.25, 0.3) is 0 Å². The molecule has 110 valence electrons. The van der Waals surface area contributed by atoms with E-state index < -0.39 is 11.7 Å². The molecule has 4 N–H and O–H groups in total. The smallest absolute Gasteiger partial charge is 0.254 e. The Bertz CT molecular complexity index is 482. The first-order chi connectivity index (χ1) is 9.61. The Hall–Kier alpha value is -1.73. The van der Waals surface area contributed by atoms with Gasteiger partial charge in [0.1, 0.15) is 0 Å². The van der Waals surface area contributed by atoms with E-state index in [0.717, 1.165) is 25.9 Å². The van der Waals surface area contributed by atoms with Crippen LogP contribution < -0.4 is 16.6 Å². The molecular formula is C13H20FN5O. The molecule has 0 saturated carbocycles. The molecule has 1 fully saturated rings. The molecule has 1 aromatic rings. The molecule has 1 amide bonds. The molecule has 1 saturated heterocycles. The minimum atomic E-state index is -0.728. The summed E-state index contributed by atoms with van der Waals surface area (Å²) in [6.07, 6.45) is 3.56. The van der Waals surface area contributed by atoms with Crippen molar-refractivity contribution in [2.45, 2.75) is 12.8 Å². The molecule has 20 heavy (non-hydrogen) atoms. The van der Waals surface area contributed by atoms with Gasteiger partial charge < -0.3 is 15.6 Å². The van der Waals surface area contributed by atoms with Gasteiger partial charge in [0.15, 0.2) is 11.6 Å². The number of pyridine rings is 1. The van der Waals surface area contributed by atoms with Gasteiger partial charge in [0, 0.05) is 19.3 Å². The van der Waals surface area contributed by atoms with Gasteiger partial charge in [0.25, 0.3) is 5.91 Å². The number of likely N-dealkylation sites (tertiary alicyclic amines) is 1. The number of anilines is 1. The fourth-order valence-electron chi connectivity index (χ4n) is 2.49. The quantitative estimate of drug-likeness (QED) is 0.555. The largest absolute Gasteiger partial charge is 0.352 e. The standard InChI is InChI=1S/C13H20FN5O/c1-19-6-2-3-9(8-19)7-17-13(20)10-4-5-16-12(18-15)11(10)14/h4-5,9H,2-3,6-8,15H2,1H3,(H,16,18)(H,17,20). The normalized spacial score (nSPS) is 19.6. The lowest BCUT2D eigenvalue weighted by atomic mass is 9.98. The van der Waals surface area contributed by atoms with Crippen LogP contribution in [0.4, 0.5) is 10.2 Å². The minimum Gasteiger partial charge on any atom is -0.352 e. The topological polar surface area (TPSA) is 83.3 Å². The molecule has 6 nitrogen and oxygen atoms in total. The van der Waals surface area contributed by atoms with E-state index in [0.29, 0.717) is 12.5 Å². The first-order valence-corrected chi connectivity index (χ1v) is 6.69. The van der Waals surface area contributed by atoms with Crippen LogP contribution in [0.3, 0.4) is 0 Å². The zero-order chi connectivity index (χ0) is 14.5. The maximum atomic E-state index is 13.9. The fraction of sp³-hybridized carbons (Fsp3) is 0.538. The minimum absolute atomic E-state index is 0.0443. The summed E-state index contributed by atoms with van der Waals surface area (Å²) >= 11 is 0. The third kappa shape index (κ3) is 3.43. The van der Waals surface area contributed by atoms with Crippen molar-refractivity contribution in [1.29, 1.82) is 0 Å². The van der Waals surface area contributed by atoms with Crippen LogP contribution in [0, 0.1) is 11.7 Å². The van der Waals surface area contributed by atoms with Crippen molar-refractivity contribution in [3.8, 4) is 0 Å². The third-order valence-electron chi connectivity index (χ3n) is 3.54. The summed E-state index contributed by atoms with van der Waals surface area (Å²) in [5.41, 5.74) is 2.08. The van der Waals surface area contributed by atoms with Gasteiger partial charge in [0.2, 0.25) is 0 Å². The lowest BCUT2D eigenvalue weighted by molar-refractivity contribution is 0.0932. The van der Waals surface area contributed by atoms with Crippen LogP contribution in [0.1, 0.15) is 23.2 Å². The van der Waals surface area contributed by atoms with E-state index in [4.69, 9.17) is 5.84 Å². The van der Waals surface area contributed by atoms with Crippen LogP contribution in [0.15, 0.2) is 12.3 Å². The molecular weight excluding hydrogens is 261 g/mol. The summed E-state index contributed by atoms with van der Waals surface area (Å²) in [5, 5.41) is 2.78. The van der Waals surface area contributed by atoms with Gasteiger partial charge in [-0.25, -0.2) is 15.2 Å². The van der Waals surface area contributed by atoms with Gasteiger partial charge in [-0.2, -0.15) is 0 Å². The van der Waals surface area contributed by atoms with Gasteiger partial charge in [-0.1, -0.05) is 0 Å². The van der Waals surface area contributed by atoms with Gasteiger partial charge in [-0.05, 0) is 38.4 Å². The molecule has 0 aliphatic carbocycles. The first kappa shape index (κ1) is 14.7. The lowest BCUT2D eigenvalue weighted by Gasteiger charge is -2.29. The van der Waals surface area contributed by atoms with E-state index in [9.17, 15) is 9.18 Å². The third-order valence-corrected chi connectivity index (χ3v) is 3.54. The molecule has 0 spiro atoms. The Morgan fingerprint density at radius 1 is 1.65 bits per heavy atom. The number of hydrogen-bond acceptors (Lipinski definition) is 5. The number of carbonyl (C=O) groups is 1. The summed E-state index contributed by atoms with van der Waals surface area (Å²) < 4.78 is 13.9. The number of halogens is 1. The van der Waals surface area contributed by atoms with Crippen molar-refractivity contribution < 1.29 is 9.18 Å².